The highest BCUT2D eigenvalue weighted by atomic mass is 31.0. The number of hydrogen-bond acceptors (Lipinski definition) is 2. The molecule has 1 aliphatic carbocycles. The highest BCUT2D eigenvalue weighted by Crippen LogP contribution is 2.47. The van der Waals surface area contributed by atoms with Gasteiger partial charge in [-0.05, 0) is 25.4 Å². The van der Waals surface area contributed by atoms with Gasteiger partial charge in [0.15, 0.2) is 0 Å². The Kier molecular flexibility index (Phi) is 2.10. The molecule has 0 aliphatic heterocycles. The third kappa shape index (κ3) is 1.49. The summed E-state index contributed by atoms with van der Waals surface area (Å²) >= 11 is 0. The molecule has 0 aromatic carbocycles. The molecule has 0 spiro atoms. The van der Waals surface area contributed by atoms with Crippen LogP contribution in [0, 0.1) is 12.8 Å². The lowest BCUT2D eigenvalue weighted by atomic mass is 10.2. The Bertz CT molecular complexity index is 270. The van der Waals surface area contributed by atoms with E-state index in [1.54, 1.807) is 0 Å². The van der Waals surface area contributed by atoms with Crippen LogP contribution >= 0.6 is 9.24 Å². The van der Waals surface area contributed by atoms with E-state index in [2.05, 4.69) is 19.2 Å². The first kappa shape index (κ1) is 8.12. The van der Waals surface area contributed by atoms with Gasteiger partial charge < -0.3 is 0 Å². The monoisotopic (exact) mass is 180 g/mol. The van der Waals surface area contributed by atoms with Crippen molar-refractivity contribution in [2.45, 2.75) is 19.3 Å². The zero-order valence-electron chi connectivity index (χ0n) is 7.20. The second-order valence-electron chi connectivity index (χ2n) is 3.42. The molecule has 0 bridgehead atoms. The third-order valence-corrected chi connectivity index (χ3v) is 3.01. The van der Waals surface area contributed by atoms with Crippen molar-refractivity contribution in [3.63, 3.8) is 0 Å². The van der Waals surface area contributed by atoms with Crippen LogP contribution in [0.3, 0.4) is 0 Å². The fourth-order valence-electron chi connectivity index (χ4n) is 1.46. The van der Waals surface area contributed by atoms with Crippen molar-refractivity contribution < 1.29 is 0 Å². The Balaban J connectivity index is 2.10. The van der Waals surface area contributed by atoms with Gasteiger partial charge in [-0.2, -0.15) is 0 Å². The summed E-state index contributed by atoms with van der Waals surface area (Å²) in [5.41, 5.74) is 2.18. The zero-order chi connectivity index (χ0) is 8.55. The van der Waals surface area contributed by atoms with E-state index in [9.17, 15) is 0 Å². The van der Waals surface area contributed by atoms with Gasteiger partial charge in [0, 0.05) is 18.3 Å². The Hall–Kier alpha value is -0.490. The van der Waals surface area contributed by atoms with E-state index in [0.717, 1.165) is 11.6 Å². The lowest BCUT2D eigenvalue weighted by Crippen LogP contribution is -1.92. The van der Waals surface area contributed by atoms with E-state index in [4.69, 9.17) is 0 Å². The predicted molar refractivity (Wildman–Crippen MR) is 52.2 cm³/mol. The van der Waals surface area contributed by atoms with Crippen molar-refractivity contribution in [2.24, 2.45) is 5.92 Å². The molecular formula is C9H13N2P. The fourth-order valence-corrected chi connectivity index (χ4v) is 1.99. The third-order valence-electron chi connectivity index (χ3n) is 2.41. The van der Waals surface area contributed by atoms with Crippen LogP contribution in [0.1, 0.15) is 23.7 Å². The first-order valence-electron chi connectivity index (χ1n) is 4.30. The zero-order valence-corrected chi connectivity index (χ0v) is 8.35. The fraction of sp³-hybridized carbons (Fsp3) is 0.556. The smallest absolute Gasteiger partial charge is 0.0620 e. The molecule has 1 aromatic rings. The number of hydrogen-bond donors (Lipinski definition) is 0. The molecule has 3 atom stereocenters. The Morgan fingerprint density at radius 3 is 2.83 bits per heavy atom. The molecule has 2 rings (SSSR count). The maximum absolute atomic E-state index is 4.37. The number of aryl methyl sites for hydroxylation is 1. The van der Waals surface area contributed by atoms with Crippen LogP contribution in [-0.4, -0.2) is 16.1 Å². The molecule has 2 nitrogen and oxygen atoms in total. The van der Waals surface area contributed by atoms with Gasteiger partial charge in [0.1, 0.15) is 0 Å². The highest BCUT2D eigenvalue weighted by Gasteiger charge is 2.37. The normalized spacial score (nSPS) is 27.2. The first-order chi connectivity index (χ1) is 5.81. The van der Waals surface area contributed by atoms with Crippen LogP contribution < -0.4 is 0 Å². The first-order valence-corrected chi connectivity index (χ1v) is 5.11. The maximum atomic E-state index is 4.37. The lowest BCUT2D eigenvalue weighted by molar-refractivity contribution is 0.879. The number of aromatic nitrogens is 2. The summed E-state index contributed by atoms with van der Waals surface area (Å²) in [6.45, 7) is 1.97. The molecule has 12 heavy (non-hydrogen) atoms. The van der Waals surface area contributed by atoms with Crippen molar-refractivity contribution in [1.29, 1.82) is 0 Å². The van der Waals surface area contributed by atoms with Crippen molar-refractivity contribution in [3.05, 3.63) is 23.8 Å². The van der Waals surface area contributed by atoms with Gasteiger partial charge in [-0.25, -0.2) is 0 Å². The van der Waals surface area contributed by atoms with E-state index < -0.39 is 0 Å². The standard InChI is InChI=1S/C9H13N2P/c1-6-3-11-9(4-10-6)8-2-7(8)5-12/h3-4,7-8H,2,5,12H2,1H3. The number of rotatable bonds is 2. The molecule has 0 radical (unpaired) electrons. The van der Waals surface area contributed by atoms with E-state index >= 15 is 0 Å². The predicted octanol–water partition coefficient (Wildman–Crippen LogP) is 1.76. The lowest BCUT2D eigenvalue weighted by Gasteiger charge is -1.97. The van der Waals surface area contributed by atoms with Gasteiger partial charge in [-0.3, -0.25) is 9.97 Å². The van der Waals surface area contributed by atoms with Crippen LogP contribution in [0.15, 0.2) is 12.4 Å². The van der Waals surface area contributed by atoms with Gasteiger partial charge in [-0.1, -0.05) is 0 Å². The van der Waals surface area contributed by atoms with Crippen LogP contribution in [0.4, 0.5) is 0 Å². The maximum Gasteiger partial charge on any atom is 0.0620 e. The molecule has 1 aliphatic rings. The topological polar surface area (TPSA) is 25.8 Å². The van der Waals surface area contributed by atoms with Gasteiger partial charge in [0.05, 0.1) is 11.4 Å². The van der Waals surface area contributed by atoms with Gasteiger partial charge in [0.2, 0.25) is 0 Å². The van der Waals surface area contributed by atoms with E-state index in [-0.39, 0.29) is 0 Å². The summed E-state index contributed by atoms with van der Waals surface area (Å²) in [5.74, 6) is 1.53. The average molecular weight is 180 g/mol. The SMILES string of the molecule is Cc1cnc(C2CC2CP)cn1. The molecule has 3 heteroatoms. The molecule has 1 heterocycles. The molecule has 0 N–H and O–H groups in total. The summed E-state index contributed by atoms with van der Waals surface area (Å²) < 4.78 is 0. The summed E-state index contributed by atoms with van der Waals surface area (Å²) in [7, 11) is 2.79. The Morgan fingerprint density at radius 1 is 1.50 bits per heavy atom. The summed E-state index contributed by atoms with van der Waals surface area (Å²) in [6, 6.07) is 0. The molecule has 1 fully saturated rings. The Morgan fingerprint density at radius 2 is 2.33 bits per heavy atom. The van der Waals surface area contributed by atoms with Crippen LogP contribution in [0.2, 0.25) is 0 Å². The van der Waals surface area contributed by atoms with Gasteiger partial charge in [-0.15, -0.1) is 9.24 Å². The quantitative estimate of drug-likeness (QED) is 0.648. The van der Waals surface area contributed by atoms with Crippen LogP contribution in [0.5, 0.6) is 0 Å². The number of nitrogens with zero attached hydrogens (tertiary/aromatic N) is 2. The largest absolute Gasteiger partial charge is 0.258 e. The molecule has 64 valence electrons. The molecule has 1 aromatic heterocycles. The van der Waals surface area contributed by atoms with Crippen molar-refractivity contribution in [3.8, 4) is 0 Å². The summed E-state index contributed by atoms with van der Waals surface area (Å²) in [5, 5.41) is 0. The molecule has 3 unspecified atom stereocenters. The average Bonchev–Trinajstić information content (AvgIpc) is 2.85. The minimum absolute atomic E-state index is 0.690. The minimum Gasteiger partial charge on any atom is -0.258 e. The van der Waals surface area contributed by atoms with E-state index in [1.165, 1.54) is 18.3 Å². The Labute approximate surface area is 75.0 Å². The second-order valence-corrected chi connectivity index (χ2v) is 3.89. The van der Waals surface area contributed by atoms with Crippen molar-refractivity contribution in [2.75, 3.05) is 6.16 Å². The molecular weight excluding hydrogens is 167 g/mol. The summed E-state index contributed by atoms with van der Waals surface area (Å²) in [6.07, 6.45) is 6.26. The molecule has 0 amide bonds. The van der Waals surface area contributed by atoms with Gasteiger partial charge >= 0.3 is 0 Å². The van der Waals surface area contributed by atoms with Gasteiger partial charge in [0.25, 0.3) is 0 Å². The highest BCUT2D eigenvalue weighted by molar-refractivity contribution is 7.16. The van der Waals surface area contributed by atoms with Crippen LogP contribution in [-0.2, 0) is 0 Å². The van der Waals surface area contributed by atoms with Crippen LogP contribution in [0.25, 0.3) is 0 Å². The minimum atomic E-state index is 0.690. The van der Waals surface area contributed by atoms with E-state index in [0.29, 0.717) is 5.92 Å². The van der Waals surface area contributed by atoms with Crippen molar-refractivity contribution >= 4 is 9.24 Å². The summed E-state index contributed by atoms with van der Waals surface area (Å²) in [4.78, 5) is 8.61. The molecule has 1 saturated carbocycles. The van der Waals surface area contributed by atoms with E-state index in [1.807, 2.05) is 19.3 Å². The molecule has 0 saturated heterocycles. The van der Waals surface area contributed by atoms with Crippen molar-refractivity contribution in [1.82, 2.24) is 9.97 Å². The second kappa shape index (κ2) is 3.10.